The Morgan fingerprint density at radius 2 is 2.19 bits per heavy atom. The molecule has 168 valence electrons. The van der Waals surface area contributed by atoms with Crippen LogP contribution in [0.15, 0.2) is 5.38 Å². The van der Waals surface area contributed by atoms with Gasteiger partial charge in [0.1, 0.15) is 5.69 Å². The summed E-state index contributed by atoms with van der Waals surface area (Å²) in [5, 5.41) is 10.5. The number of carbonyl (C=O) groups is 2. The third-order valence-corrected chi connectivity index (χ3v) is 7.02. The lowest BCUT2D eigenvalue weighted by Gasteiger charge is -2.36. The maximum atomic E-state index is 12.9. The van der Waals surface area contributed by atoms with E-state index in [1.807, 2.05) is 25.5 Å². The minimum Gasteiger partial charge on any atom is -0.461 e. The molecular formula is C22H30N4O4S. The van der Waals surface area contributed by atoms with Crippen molar-refractivity contribution in [3.8, 4) is 0 Å². The molecule has 2 aliphatic rings. The SMILES string of the molecule is CCn1nc(C[C@@H](C)COC(=O)c2csc(C)n2)c2c1C(=O)NCC1(CCOCC1)C2. The first kappa shape index (κ1) is 22.0. The van der Waals surface area contributed by atoms with Gasteiger partial charge >= 0.3 is 5.97 Å². The van der Waals surface area contributed by atoms with Crippen molar-refractivity contribution >= 4 is 23.2 Å². The first-order chi connectivity index (χ1) is 14.9. The van der Waals surface area contributed by atoms with Crippen LogP contribution < -0.4 is 5.32 Å². The zero-order chi connectivity index (χ0) is 22.0. The maximum Gasteiger partial charge on any atom is 0.357 e. The normalized spacial score (nSPS) is 18.9. The molecule has 0 unspecified atom stereocenters. The van der Waals surface area contributed by atoms with Crippen molar-refractivity contribution in [3.63, 3.8) is 0 Å². The summed E-state index contributed by atoms with van der Waals surface area (Å²) < 4.78 is 12.9. The third-order valence-electron chi connectivity index (χ3n) is 6.25. The Hall–Kier alpha value is -2.26. The van der Waals surface area contributed by atoms with Crippen molar-refractivity contribution in [2.75, 3.05) is 26.4 Å². The summed E-state index contributed by atoms with van der Waals surface area (Å²) in [6.07, 6.45) is 3.34. The molecular weight excluding hydrogens is 416 g/mol. The number of nitrogens with zero attached hydrogens (tertiary/aromatic N) is 3. The van der Waals surface area contributed by atoms with Gasteiger partial charge in [-0.2, -0.15) is 5.10 Å². The molecule has 2 aromatic rings. The van der Waals surface area contributed by atoms with E-state index in [1.54, 1.807) is 5.38 Å². The molecule has 9 heteroatoms. The Labute approximate surface area is 186 Å². The molecule has 1 spiro atoms. The Bertz CT molecular complexity index is 961. The monoisotopic (exact) mass is 446 g/mol. The Kier molecular flexibility index (Phi) is 6.43. The zero-order valence-corrected chi connectivity index (χ0v) is 19.2. The number of hydrogen-bond acceptors (Lipinski definition) is 7. The van der Waals surface area contributed by atoms with E-state index in [0.717, 1.165) is 48.7 Å². The van der Waals surface area contributed by atoms with E-state index in [4.69, 9.17) is 14.6 Å². The second-order valence-corrected chi connectivity index (χ2v) is 9.78. The number of esters is 1. The van der Waals surface area contributed by atoms with Crippen LogP contribution in [0.4, 0.5) is 0 Å². The predicted octanol–water partition coefficient (Wildman–Crippen LogP) is 2.79. The number of carbonyl (C=O) groups excluding carboxylic acids is 2. The van der Waals surface area contributed by atoms with Crippen LogP contribution in [0.5, 0.6) is 0 Å². The first-order valence-corrected chi connectivity index (χ1v) is 11.8. The van der Waals surface area contributed by atoms with Gasteiger partial charge in [-0.3, -0.25) is 9.48 Å². The summed E-state index contributed by atoms with van der Waals surface area (Å²) in [6.45, 7) is 8.95. The average Bonchev–Trinajstić information content (AvgIpc) is 3.31. The highest BCUT2D eigenvalue weighted by Gasteiger charge is 2.39. The van der Waals surface area contributed by atoms with Gasteiger partial charge in [-0.25, -0.2) is 9.78 Å². The van der Waals surface area contributed by atoms with Crippen molar-refractivity contribution in [2.24, 2.45) is 11.3 Å². The van der Waals surface area contributed by atoms with Gasteiger partial charge in [0.05, 0.1) is 17.3 Å². The molecule has 0 bridgehead atoms. The topological polar surface area (TPSA) is 95.3 Å². The van der Waals surface area contributed by atoms with Crippen LogP contribution in [0.2, 0.25) is 0 Å². The fourth-order valence-corrected chi connectivity index (χ4v) is 5.05. The lowest BCUT2D eigenvalue weighted by Crippen LogP contribution is -2.40. The predicted molar refractivity (Wildman–Crippen MR) is 116 cm³/mol. The molecule has 1 amide bonds. The highest BCUT2D eigenvalue weighted by atomic mass is 32.1. The van der Waals surface area contributed by atoms with Crippen LogP contribution in [0.25, 0.3) is 0 Å². The molecule has 1 N–H and O–H groups in total. The number of nitrogens with one attached hydrogen (secondary N) is 1. The van der Waals surface area contributed by atoms with Gasteiger partial charge < -0.3 is 14.8 Å². The van der Waals surface area contributed by atoms with E-state index in [0.29, 0.717) is 30.9 Å². The van der Waals surface area contributed by atoms with Crippen LogP contribution in [0.1, 0.15) is 63.9 Å². The van der Waals surface area contributed by atoms with E-state index in [1.165, 1.54) is 11.3 Å². The van der Waals surface area contributed by atoms with E-state index < -0.39 is 5.97 Å². The van der Waals surface area contributed by atoms with Crippen LogP contribution in [0, 0.1) is 18.3 Å². The second kappa shape index (κ2) is 9.08. The summed E-state index contributed by atoms with van der Waals surface area (Å²) >= 11 is 1.43. The quantitative estimate of drug-likeness (QED) is 0.686. The lowest BCUT2D eigenvalue weighted by atomic mass is 9.75. The van der Waals surface area contributed by atoms with E-state index >= 15 is 0 Å². The number of hydrogen-bond donors (Lipinski definition) is 1. The fraction of sp³-hybridized carbons (Fsp3) is 0.636. The molecule has 1 atom stereocenters. The number of rotatable bonds is 6. The highest BCUT2D eigenvalue weighted by Crippen LogP contribution is 2.38. The molecule has 1 fully saturated rings. The first-order valence-electron chi connectivity index (χ1n) is 10.9. The van der Waals surface area contributed by atoms with Crippen LogP contribution in [-0.2, 0) is 28.9 Å². The zero-order valence-electron chi connectivity index (χ0n) is 18.4. The molecule has 8 nitrogen and oxygen atoms in total. The van der Waals surface area contributed by atoms with Gasteiger partial charge in [-0.15, -0.1) is 11.3 Å². The van der Waals surface area contributed by atoms with Gasteiger partial charge in [0, 0.05) is 37.2 Å². The average molecular weight is 447 g/mol. The molecule has 2 aromatic heterocycles. The number of thiazole rings is 1. The maximum absolute atomic E-state index is 12.9. The molecule has 4 rings (SSSR count). The summed E-state index contributed by atoms with van der Waals surface area (Å²) in [4.78, 5) is 29.3. The van der Waals surface area contributed by atoms with Crippen LogP contribution in [-0.4, -0.2) is 53.0 Å². The summed E-state index contributed by atoms with van der Waals surface area (Å²) in [5.41, 5.74) is 3.05. The molecule has 0 radical (unpaired) electrons. The number of aromatic nitrogens is 3. The molecule has 4 heterocycles. The summed E-state index contributed by atoms with van der Waals surface area (Å²) in [6, 6.07) is 0. The van der Waals surface area contributed by atoms with E-state index in [2.05, 4.69) is 10.3 Å². The number of aryl methyl sites for hydroxylation is 2. The van der Waals surface area contributed by atoms with E-state index in [-0.39, 0.29) is 23.8 Å². The van der Waals surface area contributed by atoms with Gasteiger partial charge in [0.2, 0.25) is 0 Å². The van der Waals surface area contributed by atoms with Crippen molar-refractivity contribution in [1.29, 1.82) is 0 Å². The fourth-order valence-electron chi connectivity index (χ4n) is 4.47. The standard InChI is InChI=1S/C22H30N4O4S/c1-4-26-19-16(10-22(13-23-20(19)27)5-7-29-8-6-22)17(25-26)9-14(2)11-30-21(28)18-12-31-15(3)24-18/h12,14H,4-11,13H2,1-3H3,(H,23,27)/t14-/m1/s1. The minimum absolute atomic E-state index is 0.0215. The van der Waals surface area contributed by atoms with Crippen LogP contribution >= 0.6 is 11.3 Å². The molecule has 2 aliphatic heterocycles. The van der Waals surface area contributed by atoms with Gasteiger partial charge in [-0.05, 0) is 50.9 Å². The van der Waals surface area contributed by atoms with Crippen molar-refractivity contribution in [3.05, 3.63) is 33.0 Å². The smallest absolute Gasteiger partial charge is 0.357 e. The minimum atomic E-state index is -0.394. The van der Waals surface area contributed by atoms with Crippen molar-refractivity contribution < 1.29 is 19.1 Å². The van der Waals surface area contributed by atoms with Gasteiger partial charge in [0.15, 0.2) is 5.69 Å². The van der Waals surface area contributed by atoms with Crippen molar-refractivity contribution in [1.82, 2.24) is 20.1 Å². The number of amides is 1. The Morgan fingerprint density at radius 1 is 1.42 bits per heavy atom. The molecule has 0 aliphatic carbocycles. The highest BCUT2D eigenvalue weighted by molar-refractivity contribution is 7.09. The molecule has 31 heavy (non-hydrogen) atoms. The van der Waals surface area contributed by atoms with Gasteiger partial charge in [-0.1, -0.05) is 6.92 Å². The lowest BCUT2D eigenvalue weighted by molar-refractivity contribution is 0.0160. The van der Waals surface area contributed by atoms with Crippen molar-refractivity contribution in [2.45, 2.75) is 53.0 Å². The number of fused-ring (bicyclic) bond motifs is 1. The summed E-state index contributed by atoms with van der Waals surface area (Å²) in [5.74, 6) is -0.364. The molecule has 1 saturated heterocycles. The van der Waals surface area contributed by atoms with Gasteiger partial charge in [0.25, 0.3) is 5.91 Å². The largest absolute Gasteiger partial charge is 0.461 e. The van der Waals surface area contributed by atoms with Crippen LogP contribution in [0.3, 0.4) is 0 Å². The Balaban J connectivity index is 1.50. The second-order valence-electron chi connectivity index (χ2n) is 8.72. The van der Waals surface area contributed by atoms with E-state index in [9.17, 15) is 9.59 Å². The summed E-state index contributed by atoms with van der Waals surface area (Å²) in [7, 11) is 0. The Morgan fingerprint density at radius 3 is 2.87 bits per heavy atom. The molecule has 0 aromatic carbocycles. The molecule has 0 saturated carbocycles. The number of ether oxygens (including phenoxy) is 2. The third kappa shape index (κ3) is 4.67.